The average Bonchev–Trinajstić information content (AvgIpc) is 2.78. The second kappa shape index (κ2) is 9.39. The summed E-state index contributed by atoms with van der Waals surface area (Å²) >= 11 is 9.44. The molecule has 0 aliphatic carbocycles. The van der Waals surface area contributed by atoms with Crippen molar-refractivity contribution in [2.45, 2.75) is 30.5 Å². The molecule has 0 fully saturated rings. The first-order valence-corrected chi connectivity index (χ1v) is 12.7. The van der Waals surface area contributed by atoms with E-state index in [2.05, 4.69) is 15.9 Å². The van der Waals surface area contributed by atoms with Crippen LogP contribution in [-0.2, 0) is 29.2 Å². The number of alkyl halides is 3. The van der Waals surface area contributed by atoms with Gasteiger partial charge in [-0.25, -0.2) is 12.8 Å². The van der Waals surface area contributed by atoms with Gasteiger partial charge >= 0.3 is 6.18 Å². The minimum atomic E-state index is -4.68. The highest BCUT2D eigenvalue weighted by molar-refractivity contribution is 9.10. The van der Waals surface area contributed by atoms with Crippen LogP contribution in [0.1, 0.15) is 23.1 Å². The molecule has 0 amide bonds. The van der Waals surface area contributed by atoms with Crippen molar-refractivity contribution in [1.82, 2.24) is 0 Å². The summed E-state index contributed by atoms with van der Waals surface area (Å²) in [4.78, 5) is -0.460. The predicted octanol–water partition coefficient (Wildman–Crippen LogP) is 6.98. The number of anilines is 1. The highest BCUT2D eigenvalue weighted by Crippen LogP contribution is 2.40. The number of sulfonamides is 1. The van der Waals surface area contributed by atoms with E-state index >= 15 is 0 Å². The lowest BCUT2D eigenvalue weighted by atomic mass is 10.0. The van der Waals surface area contributed by atoms with Gasteiger partial charge in [-0.05, 0) is 70.7 Å². The van der Waals surface area contributed by atoms with Crippen molar-refractivity contribution in [3.63, 3.8) is 0 Å². The summed E-state index contributed by atoms with van der Waals surface area (Å²) < 4.78 is 87.6. The van der Waals surface area contributed by atoms with Gasteiger partial charge in [-0.1, -0.05) is 23.7 Å². The second-order valence-electron chi connectivity index (χ2n) is 7.61. The lowest BCUT2D eigenvalue weighted by Gasteiger charge is -2.31. The number of hydrogen-bond acceptors (Lipinski definition) is 3. The number of rotatable bonds is 5. The molecule has 1 heterocycles. The number of fused-ring (bicyclic) bond motifs is 1. The van der Waals surface area contributed by atoms with Gasteiger partial charge in [0, 0.05) is 18.2 Å². The Kier molecular flexibility index (Phi) is 6.85. The molecule has 3 aromatic rings. The van der Waals surface area contributed by atoms with Crippen LogP contribution in [0.2, 0.25) is 5.02 Å². The summed E-state index contributed by atoms with van der Waals surface area (Å²) in [6.45, 7) is -0.116. The quantitative estimate of drug-likeness (QED) is 0.307. The third kappa shape index (κ3) is 4.89. The Labute approximate surface area is 207 Å². The van der Waals surface area contributed by atoms with Gasteiger partial charge in [0.1, 0.15) is 18.2 Å². The Bertz CT molecular complexity index is 1330. The van der Waals surface area contributed by atoms with Gasteiger partial charge in [0.2, 0.25) is 0 Å². The third-order valence-electron chi connectivity index (χ3n) is 5.39. The Morgan fingerprint density at radius 1 is 1.09 bits per heavy atom. The maximum Gasteiger partial charge on any atom is 0.416 e. The fourth-order valence-electron chi connectivity index (χ4n) is 3.69. The monoisotopic (exact) mass is 577 g/mol. The van der Waals surface area contributed by atoms with E-state index in [1.165, 1.54) is 24.3 Å². The molecule has 0 N–H and O–H groups in total. The first-order chi connectivity index (χ1) is 16.0. The minimum absolute atomic E-state index is 0.0891. The molecule has 0 atom stereocenters. The van der Waals surface area contributed by atoms with Crippen LogP contribution < -0.4 is 9.04 Å². The van der Waals surface area contributed by atoms with Gasteiger partial charge in [0.25, 0.3) is 10.0 Å². The highest BCUT2D eigenvalue weighted by atomic mass is 79.9. The molecule has 0 radical (unpaired) electrons. The van der Waals surface area contributed by atoms with E-state index in [0.717, 1.165) is 22.5 Å². The number of nitrogens with zero attached hydrogens (tertiary/aromatic N) is 1. The average molecular weight is 579 g/mol. The molecule has 1 aliphatic rings. The van der Waals surface area contributed by atoms with Crippen molar-refractivity contribution in [2.24, 2.45) is 0 Å². The summed E-state index contributed by atoms with van der Waals surface area (Å²) in [5.74, 6) is -0.306. The Balaban J connectivity index is 1.70. The molecule has 4 nitrogen and oxygen atoms in total. The van der Waals surface area contributed by atoms with Crippen LogP contribution in [0.4, 0.5) is 23.2 Å². The van der Waals surface area contributed by atoms with Crippen LogP contribution in [-0.4, -0.2) is 15.0 Å². The Morgan fingerprint density at radius 2 is 1.82 bits per heavy atom. The van der Waals surface area contributed by atoms with Gasteiger partial charge in [-0.15, -0.1) is 0 Å². The van der Waals surface area contributed by atoms with E-state index < -0.39 is 32.5 Å². The number of halogens is 6. The number of hydrogen-bond donors (Lipinski definition) is 0. The summed E-state index contributed by atoms with van der Waals surface area (Å²) in [7, 11) is -4.29. The molecule has 0 unspecified atom stereocenters. The second-order valence-corrected chi connectivity index (χ2v) is 10.7. The molecule has 34 heavy (non-hydrogen) atoms. The maximum atomic E-state index is 14.1. The lowest BCUT2D eigenvalue weighted by Crippen LogP contribution is -2.35. The smallest absolute Gasteiger partial charge is 0.416 e. The maximum absolute atomic E-state index is 14.1. The molecular formula is C23H17BrClF4NO3S. The topological polar surface area (TPSA) is 46.6 Å². The van der Waals surface area contributed by atoms with Gasteiger partial charge in [-0.2, -0.15) is 13.2 Å². The molecule has 3 aromatic carbocycles. The van der Waals surface area contributed by atoms with E-state index in [1.807, 2.05) is 0 Å². The van der Waals surface area contributed by atoms with Crippen LogP contribution in [0, 0.1) is 5.82 Å². The molecule has 11 heteroatoms. The predicted molar refractivity (Wildman–Crippen MR) is 124 cm³/mol. The zero-order valence-electron chi connectivity index (χ0n) is 17.4. The van der Waals surface area contributed by atoms with Crippen LogP contribution in [0.5, 0.6) is 5.75 Å². The molecule has 1 aliphatic heterocycles. The molecule has 0 spiro atoms. The van der Waals surface area contributed by atoms with Gasteiger partial charge in [0.05, 0.1) is 25.6 Å². The summed E-state index contributed by atoms with van der Waals surface area (Å²) in [5, 5.41) is 0.183. The van der Waals surface area contributed by atoms with Crippen molar-refractivity contribution in [3.8, 4) is 5.75 Å². The number of aryl methyl sites for hydroxylation is 1. The molecule has 0 saturated carbocycles. The standard InChI is InChI=1S/C23H17BrClF4NO3S/c24-18-10-14-4-3-9-30(34(31,32)16-6-1-5-15(11-16)23(27,28)29)21(14)12-22(18)33-13-17-19(25)7-2-8-20(17)26/h1-2,5-8,10-12H,3-4,9,13H2. The first-order valence-electron chi connectivity index (χ1n) is 10.1. The van der Waals surface area contributed by atoms with Crippen molar-refractivity contribution in [1.29, 1.82) is 0 Å². The molecule has 0 saturated heterocycles. The van der Waals surface area contributed by atoms with Crippen LogP contribution >= 0.6 is 27.5 Å². The first kappa shape index (κ1) is 24.8. The van der Waals surface area contributed by atoms with E-state index in [9.17, 15) is 26.0 Å². The van der Waals surface area contributed by atoms with E-state index in [0.29, 0.717) is 34.6 Å². The molecule has 180 valence electrons. The van der Waals surface area contributed by atoms with E-state index in [4.69, 9.17) is 16.3 Å². The minimum Gasteiger partial charge on any atom is -0.487 e. The van der Waals surface area contributed by atoms with Crippen LogP contribution in [0.3, 0.4) is 0 Å². The fraction of sp³-hybridized carbons (Fsp3) is 0.217. The van der Waals surface area contributed by atoms with E-state index in [-0.39, 0.29) is 29.5 Å². The van der Waals surface area contributed by atoms with Crippen molar-refractivity contribution in [3.05, 3.63) is 86.6 Å². The normalized spacial score (nSPS) is 14.1. The zero-order valence-corrected chi connectivity index (χ0v) is 20.5. The largest absolute Gasteiger partial charge is 0.487 e. The fourth-order valence-corrected chi connectivity index (χ4v) is 5.99. The Morgan fingerprint density at radius 3 is 2.53 bits per heavy atom. The number of ether oxygens (including phenoxy) is 1. The SMILES string of the molecule is O=S(=O)(c1cccc(C(F)(F)F)c1)N1CCCc2cc(Br)c(OCc3c(F)cccc3Cl)cc21. The molecular weight excluding hydrogens is 562 g/mol. The summed E-state index contributed by atoms with van der Waals surface area (Å²) in [6.07, 6.45) is -3.62. The summed E-state index contributed by atoms with van der Waals surface area (Å²) in [6, 6.07) is 11.1. The zero-order chi connectivity index (χ0) is 24.7. The third-order valence-corrected chi connectivity index (χ3v) is 8.18. The Hall–Kier alpha value is -2.30. The van der Waals surface area contributed by atoms with E-state index in [1.54, 1.807) is 6.07 Å². The van der Waals surface area contributed by atoms with Gasteiger partial charge in [-0.3, -0.25) is 4.31 Å². The number of benzene rings is 3. The van der Waals surface area contributed by atoms with Crippen LogP contribution in [0.15, 0.2) is 64.0 Å². The molecule has 4 rings (SSSR count). The van der Waals surface area contributed by atoms with Gasteiger partial charge < -0.3 is 4.74 Å². The lowest BCUT2D eigenvalue weighted by molar-refractivity contribution is -0.137. The van der Waals surface area contributed by atoms with Gasteiger partial charge in [0.15, 0.2) is 0 Å². The summed E-state index contributed by atoms with van der Waals surface area (Å²) in [5.41, 5.74) is 0.0704. The van der Waals surface area contributed by atoms with Crippen molar-refractivity contribution < 1.29 is 30.7 Å². The van der Waals surface area contributed by atoms with Crippen molar-refractivity contribution >= 4 is 43.2 Å². The van der Waals surface area contributed by atoms with Crippen molar-refractivity contribution in [2.75, 3.05) is 10.8 Å². The van der Waals surface area contributed by atoms with Crippen LogP contribution in [0.25, 0.3) is 0 Å². The molecule has 0 bridgehead atoms. The highest BCUT2D eigenvalue weighted by Gasteiger charge is 2.34. The molecule has 0 aromatic heterocycles.